The van der Waals surface area contributed by atoms with E-state index in [2.05, 4.69) is 4.74 Å². The van der Waals surface area contributed by atoms with Crippen LogP contribution in [0.2, 0.25) is 0 Å². The largest absolute Gasteiger partial charge is 0.494 e. The van der Waals surface area contributed by atoms with Crippen LogP contribution in [0.3, 0.4) is 0 Å². The van der Waals surface area contributed by atoms with Gasteiger partial charge in [-0.25, -0.2) is 0 Å². The van der Waals surface area contributed by atoms with Crippen LogP contribution in [-0.4, -0.2) is 37.7 Å². The molecule has 29 heavy (non-hydrogen) atoms. The Kier molecular flexibility index (Phi) is 8.70. The lowest BCUT2D eigenvalue weighted by atomic mass is 10.1. The molecule has 1 amide bonds. The summed E-state index contributed by atoms with van der Waals surface area (Å²) in [5, 5.41) is 0. The van der Waals surface area contributed by atoms with Crippen LogP contribution in [0.15, 0.2) is 42.5 Å². The first-order valence-corrected chi connectivity index (χ1v) is 9.59. The molecule has 7 heteroatoms. The fourth-order valence-electron chi connectivity index (χ4n) is 2.91. The van der Waals surface area contributed by atoms with Crippen molar-refractivity contribution in [2.75, 3.05) is 20.3 Å². The highest BCUT2D eigenvalue weighted by atomic mass is 19.3. The maximum Gasteiger partial charge on any atom is 0.387 e. The highest BCUT2D eigenvalue weighted by Crippen LogP contribution is 2.30. The van der Waals surface area contributed by atoms with Gasteiger partial charge in [-0.2, -0.15) is 8.78 Å². The molecule has 0 N–H and O–H groups in total. The van der Waals surface area contributed by atoms with E-state index in [9.17, 15) is 13.6 Å². The van der Waals surface area contributed by atoms with E-state index in [0.717, 1.165) is 16.9 Å². The number of halogens is 2. The van der Waals surface area contributed by atoms with E-state index >= 15 is 0 Å². The van der Waals surface area contributed by atoms with Gasteiger partial charge in [0.05, 0.1) is 13.2 Å². The summed E-state index contributed by atoms with van der Waals surface area (Å²) in [5.74, 6) is 0.979. The molecule has 0 radical (unpaired) electrons. The number of nitrogens with zero attached hydrogens (tertiary/aromatic N) is 1. The molecule has 2 rings (SSSR count). The number of hydrogen-bond acceptors (Lipinski definition) is 4. The second kappa shape index (κ2) is 11.2. The molecule has 0 fully saturated rings. The Morgan fingerprint density at radius 1 is 1.00 bits per heavy atom. The topological polar surface area (TPSA) is 48.0 Å². The maximum atomic E-state index is 12.5. The van der Waals surface area contributed by atoms with Gasteiger partial charge in [-0.3, -0.25) is 4.79 Å². The average Bonchev–Trinajstić information content (AvgIpc) is 2.69. The quantitative estimate of drug-likeness (QED) is 0.543. The smallest absolute Gasteiger partial charge is 0.387 e. The summed E-state index contributed by atoms with van der Waals surface area (Å²) in [6.45, 7) is 1.97. The zero-order valence-corrected chi connectivity index (χ0v) is 17.0. The molecule has 0 unspecified atom stereocenters. The molecule has 0 atom stereocenters. The number of benzene rings is 2. The number of alkyl halides is 2. The zero-order chi connectivity index (χ0) is 21.2. The number of carbonyl (C=O) groups is 1. The Labute approximate surface area is 170 Å². The van der Waals surface area contributed by atoms with E-state index in [1.54, 1.807) is 31.0 Å². The summed E-state index contributed by atoms with van der Waals surface area (Å²) >= 11 is 0. The maximum absolute atomic E-state index is 12.5. The van der Waals surface area contributed by atoms with Gasteiger partial charge in [0, 0.05) is 20.0 Å². The van der Waals surface area contributed by atoms with Crippen molar-refractivity contribution >= 4 is 5.91 Å². The third-order valence-electron chi connectivity index (χ3n) is 4.25. The molecule has 5 nitrogen and oxygen atoms in total. The SMILES string of the molecule is CCOc1ccccc1CCC(=O)N(C)Cc1ccc(OC(F)F)c(OCC)c1. The van der Waals surface area contributed by atoms with Crippen molar-refractivity contribution in [3.05, 3.63) is 53.6 Å². The van der Waals surface area contributed by atoms with Crippen LogP contribution in [0.4, 0.5) is 8.78 Å². The van der Waals surface area contributed by atoms with Crippen LogP contribution in [0.25, 0.3) is 0 Å². The van der Waals surface area contributed by atoms with Gasteiger partial charge in [0.25, 0.3) is 0 Å². The molecule has 0 aliphatic heterocycles. The van der Waals surface area contributed by atoms with Crippen molar-refractivity contribution in [3.63, 3.8) is 0 Å². The summed E-state index contributed by atoms with van der Waals surface area (Å²) < 4.78 is 40.5. The lowest BCUT2D eigenvalue weighted by Gasteiger charge is -2.19. The minimum Gasteiger partial charge on any atom is -0.494 e. The summed E-state index contributed by atoms with van der Waals surface area (Å²) in [7, 11) is 1.71. The number of carbonyl (C=O) groups excluding carboxylic acids is 1. The molecule has 0 heterocycles. The molecule has 0 saturated carbocycles. The van der Waals surface area contributed by atoms with Gasteiger partial charge in [0.1, 0.15) is 5.75 Å². The molecule has 0 aromatic heterocycles. The van der Waals surface area contributed by atoms with E-state index in [1.165, 1.54) is 6.07 Å². The number of para-hydroxylation sites is 1. The van der Waals surface area contributed by atoms with Gasteiger partial charge >= 0.3 is 6.61 Å². The van der Waals surface area contributed by atoms with E-state index in [0.29, 0.717) is 32.6 Å². The number of ether oxygens (including phenoxy) is 3. The van der Waals surface area contributed by atoms with Gasteiger partial charge in [-0.15, -0.1) is 0 Å². The molecule has 0 saturated heterocycles. The summed E-state index contributed by atoms with van der Waals surface area (Å²) in [5.41, 5.74) is 1.75. The van der Waals surface area contributed by atoms with Crippen molar-refractivity contribution in [1.29, 1.82) is 0 Å². The number of aryl methyl sites for hydroxylation is 1. The van der Waals surface area contributed by atoms with Gasteiger partial charge in [-0.05, 0) is 49.6 Å². The van der Waals surface area contributed by atoms with Gasteiger partial charge < -0.3 is 19.1 Å². The van der Waals surface area contributed by atoms with E-state index in [-0.39, 0.29) is 17.4 Å². The standard InChI is InChI=1S/C22H27F2NO4/c1-4-27-18-9-7-6-8-17(18)11-13-21(26)25(3)15-16-10-12-19(29-22(23)24)20(14-16)28-5-2/h6-10,12,14,22H,4-5,11,13,15H2,1-3H3. The molecule has 0 spiro atoms. The van der Waals surface area contributed by atoms with Crippen LogP contribution in [-0.2, 0) is 17.8 Å². The Balaban J connectivity index is 1.99. The van der Waals surface area contributed by atoms with E-state index < -0.39 is 6.61 Å². The molecule has 158 valence electrons. The lowest BCUT2D eigenvalue weighted by molar-refractivity contribution is -0.130. The van der Waals surface area contributed by atoms with Gasteiger partial charge in [0.2, 0.25) is 5.91 Å². The summed E-state index contributed by atoms with van der Waals surface area (Å²) in [4.78, 5) is 14.1. The first kappa shape index (κ1) is 22.5. The third-order valence-corrected chi connectivity index (χ3v) is 4.25. The summed E-state index contributed by atoms with van der Waals surface area (Å²) in [6, 6.07) is 12.4. The Bertz CT molecular complexity index is 798. The normalized spacial score (nSPS) is 10.7. The predicted molar refractivity (Wildman–Crippen MR) is 107 cm³/mol. The monoisotopic (exact) mass is 407 g/mol. The molecular weight excluding hydrogens is 380 g/mol. The second-order valence-corrected chi connectivity index (χ2v) is 6.38. The lowest BCUT2D eigenvalue weighted by Crippen LogP contribution is -2.26. The Morgan fingerprint density at radius 3 is 2.38 bits per heavy atom. The third kappa shape index (κ3) is 6.93. The van der Waals surface area contributed by atoms with Crippen molar-refractivity contribution in [3.8, 4) is 17.2 Å². The van der Waals surface area contributed by atoms with Gasteiger partial charge in [0.15, 0.2) is 11.5 Å². The minimum absolute atomic E-state index is 0.0212. The van der Waals surface area contributed by atoms with Crippen molar-refractivity contribution < 1.29 is 27.8 Å². The van der Waals surface area contributed by atoms with Crippen LogP contribution < -0.4 is 14.2 Å². The van der Waals surface area contributed by atoms with Crippen LogP contribution in [0, 0.1) is 0 Å². The highest BCUT2D eigenvalue weighted by Gasteiger charge is 2.15. The average molecular weight is 407 g/mol. The van der Waals surface area contributed by atoms with Crippen LogP contribution in [0.5, 0.6) is 17.2 Å². The Morgan fingerprint density at radius 2 is 1.69 bits per heavy atom. The molecule has 2 aromatic rings. The molecule has 0 bridgehead atoms. The van der Waals surface area contributed by atoms with Gasteiger partial charge in [-0.1, -0.05) is 24.3 Å². The molecule has 0 aliphatic rings. The highest BCUT2D eigenvalue weighted by molar-refractivity contribution is 5.76. The van der Waals surface area contributed by atoms with Crippen LogP contribution in [0.1, 0.15) is 31.4 Å². The second-order valence-electron chi connectivity index (χ2n) is 6.38. The predicted octanol–water partition coefficient (Wildman–Crippen LogP) is 4.68. The number of hydrogen-bond donors (Lipinski definition) is 0. The van der Waals surface area contributed by atoms with Crippen molar-refractivity contribution in [1.82, 2.24) is 4.90 Å². The number of rotatable bonds is 11. The fraction of sp³-hybridized carbons (Fsp3) is 0.409. The molecule has 2 aromatic carbocycles. The first-order chi connectivity index (χ1) is 13.9. The zero-order valence-electron chi connectivity index (χ0n) is 17.0. The van der Waals surface area contributed by atoms with Crippen molar-refractivity contribution in [2.45, 2.75) is 39.8 Å². The first-order valence-electron chi connectivity index (χ1n) is 9.59. The minimum atomic E-state index is -2.93. The fourth-order valence-corrected chi connectivity index (χ4v) is 2.91. The summed E-state index contributed by atoms with van der Waals surface area (Å²) in [6.07, 6.45) is 0.913. The molecular formula is C22H27F2NO4. The molecule has 0 aliphatic carbocycles. The number of amides is 1. The Hall–Kier alpha value is -2.83. The van der Waals surface area contributed by atoms with E-state index in [4.69, 9.17) is 9.47 Å². The van der Waals surface area contributed by atoms with Crippen LogP contribution >= 0.6 is 0 Å². The van der Waals surface area contributed by atoms with Crippen molar-refractivity contribution in [2.24, 2.45) is 0 Å². The van der Waals surface area contributed by atoms with E-state index in [1.807, 2.05) is 31.2 Å².